The second-order valence-corrected chi connectivity index (χ2v) is 6.04. The Morgan fingerprint density at radius 1 is 1.41 bits per heavy atom. The maximum Gasteiger partial charge on any atom is 0.338 e. The summed E-state index contributed by atoms with van der Waals surface area (Å²) >= 11 is 0. The molecule has 92 valence electrons. The van der Waals surface area contributed by atoms with E-state index in [1.165, 1.54) is 6.07 Å². The molecule has 0 amide bonds. The molecule has 1 aromatic rings. The number of sulfone groups is 1. The van der Waals surface area contributed by atoms with Gasteiger partial charge in [-0.1, -0.05) is 6.07 Å². The quantitative estimate of drug-likeness (QED) is 0.752. The Balaban J connectivity index is 2.45. The summed E-state index contributed by atoms with van der Waals surface area (Å²) in [6.45, 7) is 2.00. The molecule has 0 fully saturated rings. The fraction of sp³-hybridized carbons (Fsp3) is 0.417. The van der Waals surface area contributed by atoms with Crippen molar-refractivity contribution in [2.75, 3.05) is 12.4 Å². The van der Waals surface area contributed by atoms with Crippen LogP contribution in [0.4, 0.5) is 0 Å². The SMILES string of the molecule is CCOC(=O)c1ccc2c(c1)S(=O)(=O)CCC2. The fourth-order valence-corrected chi connectivity index (χ4v) is 3.57. The molecule has 1 aromatic carbocycles. The lowest BCUT2D eigenvalue weighted by Crippen LogP contribution is -2.17. The molecule has 0 radical (unpaired) electrons. The zero-order valence-corrected chi connectivity index (χ0v) is 10.4. The van der Waals surface area contributed by atoms with E-state index >= 15 is 0 Å². The second kappa shape index (κ2) is 4.49. The lowest BCUT2D eigenvalue weighted by atomic mass is 10.1. The van der Waals surface area contributed by atoms with Gasteiger partial charge in [0.25, 0.3) is 0 Å². The highest BCUT2D eigenvalue weighted by atomic mass is 32.2. The average Bonchev–Trinajstić information content (AvgIpc) is 2.29. The lowest BCUT2D eigenvalue weighted by molar-refractivity contribution is 0.0526. The van der Waals surface area contributed by atoms with Crippen LogP contribution in [-0.4, -0.2) is 26.7 Å². The summed E-state index contributed by atoms with van der Waals surface area (Å²) in [5, 5.41) is 0. The van der Waals surface area contributed by atoms with E-state index in [0.29, 0.717) is 12.0 Å². The maximum atomic E-state index is 11.9. The molecule has 1 aliphatic heterocycles. The number of hydrogen-bond donors (Lipinski definition) is 0. The van der Waals surface area contributed by atoms with Crippen LogP contribution in [0.5, 0.6) is 0 Å². The van der Waals surface area contributed by atoms with Crippen LogP contribution in [0.25, 0.3) is 0 Å². The van der Waals surface area contributed by atoms with Crippen molar-refractivity contribution in [3.05, 3.63) is 29.3 Å². The summed E-state index contributed by atoms with van der Waals surface area (Å²) in [7, 11) is -3.22. The van der Waals surface area contributed by atoms with E-state index in [2.05, 4.69) is 0 Å². The van der Waals surface area contributed by atoms with E-state index < -0.39 is 15.8 Å². The average molecular weight is 254 g/mol. The third kappa shape index (κ3) is 2.34. The van der Waals surface area contributed by atoms with E-state index in [0.717, 1.165) is 12.0 Å². The van der Waals surface area contributed by atoms with Crippen LogP contribution in [0.1, 0.15) is 29.3 Å². The molecule has 0 N–H and O–H groups in total. The fourth-order valence-electron chi connectivity index (χ4n) is 1.95. The number of rotatable bonds is 2. The Hall–Kier alpha value is -1.36. The first-order chi connectivity index (χ1) is 8.04. The number of esters is 1. The normalized spacial score (nSPS) is 17.2. The number of carbonyl (C=O) groups is 1. The Kier molecular flexibility index (Phi) is 3.19. The predicted molar refractivity (Wildman–Crippen MR) is 62.8 cm³/mol. The maximum absolute atomic E-state index is 11.9. The van der Waals surface area contributed by atoms with Gasteiger partial charge in [-0.3, -0.25) is 0 Å². The van der Waals surface area contributed by atoms with Crippen LogP contribution >= 0.6 is 0 Å². The summed E-state index contributed by atoms with van der Waals surface area (Å²) in [4.78, 5) is 11.8. The molecule has 17 heavy (non-hydrogen) atoms. The van der Waals surface area contributed by atoms with Gasteiger partial charge in [0.1, 0.15) is 0 Å². The molecule has 0 atom stereocenters. The lowest BCUT2D eigenvalue weighted by Gasteiger charge is -2.16. The minimum absolute atomic E-state index is 0.159. The van der Waals surface area contributed by atoms with Crippen LogP contribution in [0.2, 0.25) is 0 Å². The van der Waals surface area contributed by atoms with E-state index in [1.807, 2.05) is 0 Å². The minimum atomic E-state index is -3.22. The van der Waals surface area contributed by atoms with E-state index in [-0.39, 0.29) is 17.3 Å². The molecule has 0 spiro atoms. The van der Waals surface area contributed by atoms with Gasteiger partial charge >= 0.3 is 5.97 Å². The van der Waals surface area contributed by atoms with Crippen LogP contribution in [0.3, 0.4) is 0 Å². The Morgan fingerprint density at radius 3 is 2.88 bits per heavy atom. The number of carbonyl (C=O) groups excluding carboxylic acids is 1. The van der Waals surface area contributed by atoms with Crippen LogP contribution < -0.4 is 0 Å². The van der Waals surface area contributed by atoms with Crippen molar-refractivity contribution >= 4 is 15.8 Å². The van der Waals surface area contributed by atoms with Crippen LogP contribution in [0.15, 0.2) is 23.1 Å². The van der Waals surface area contributed by atoms with Gasteiger partial charge in [-0.2, -0.15) is 0 Å². The first-order valence-electron chi connectivity index (χ1n) is 5.57. The van der Waals surface area contributed by atoms with Gasteiger partial charge in [-0.15, -0.1) is 0 Å². The van der Waals surface area contributed by atoms with Gasteiger partial charge in [0.15, 0.2) is 9.84 Å². The van der Waals surface area contributed by atoms with E-state index in [9.17, 15) is 13.2 Å². The van der Waals surface area contributed by atoms with Crippen LogP contribution in [-0.2, 0) is 21.0 Å². The highest BCUT2D eigenvalue weighted by molar-refractivity contribution is 7.91. The summed E-state index contributed by atoms with van der Waals surface area (Å²) in [5.41, 5.74) is 1.10. The van der Waals surface area contributed by atoms with Gasteiger partial charge in [0.05, 0.1) is 22.8 Å². The van der Waals surface area contributed by atoms with Crippen LogP contribution in [0, 0.1) is 0 Å². The standard InChI is InChI=1S/C12H14O4S/c1-2-16-12(13)10-6-5-9-4-3-7-17(14,15)11(9)8-10/h5-6,8H,2-4,7H2,1H3. The molecular formula is C12H14O4S. The molecule has 0 aromatic heterocycles. The molecule has 2 rings (SSSR count). The Morgan fingerprint density at radius 2 is 2.18 bits per heavy atom. The van der Waals surface area contributed by atoms with Crippen molar-refractivity contribution in [1.29, 1.82) is 0 Å². The predicted octanol–water partition coefficient (Wildman–Crippen LogP) is 1.58. The zero-order chi connectivity index (χ0) is 12.5. The van der Waals surface area contributed by atoms with Gasteiger partial charge < -0.3 is 4.74 Å². The van der Waals surface area contributed by atoms with Crippen molar-refractivity contribution in [2.45, 2.75) is 24.7 Å². The third-order valence-corrected chi connectivity index (χ3v) is 4.65. The van der Waals surface area contributed by atoms with Crippen molar-refractivity contribution < 1.29 is 17.9 Å². The molecule has 1 heterocycles. The molecular weight excluding hydrogens is 240 g/mol. The Bertz CT molecular complexity index is 546. The van der Waals surface area contributed by atoms with Gasteiger partial charge in [0, 0.05) is 0 Å². The van der Waals surface area contributed by atoms with Crippen molar-refractivity contribution in [1.82, 2.24) is 0 Å². The van der Waals surface area contributed by atoms with Gasteiger partial charge in [0.2, 0.25) is 0 Å². The van der Waals surface area contributed by atoms with Crippen molar-refractivity contribution in [3.63, 3.8) is 0 Å². The number of aryl methyl sites for hydroxylation is 1. The summed E-state index contributed by atoms with van der Waals surface area (Å²) in [5.74, 6) is -0.317. The first kappa shape index (κ1) is 12.1. The van der Waals surface area contributed by atoms with Crippen molar-refractivity contribution in [2.24, 2.45) is 0 Å². The first-order valence-corrected chi connectivity index (χ1v) is 7.22. The minimum Gasteiger partial charge on any atom is -0.462 e. The zero-order valence-electron chi connectivity index (χ0n) is 9.60. The number of hydrogen-bond acceptors (Lipinski definition) is 4. The van der Waals surface area contributed by atoms with Gasteiger partial charge in [-0.25, -0.2) is 13.2 Å². The largest absolute Gasteiger partial charge is 0.462 e. The Labute approximate surface area is 101 Å². The topological polar surface area (TPSA) is 60.4 Å². The second-order valence-electron chi connectivity index (χ2n) is 3.97. The smallest absolute Gasteiger partial charge is 0.338 e. The van der Waals surface area contributed by atoms with Gasteiger partial charge in [-0.05, 0) is 37.5 Å². The molecule has 0 saturated heterocycles. The molecule has 0 aliphatic carbocycles. The molecule has 0 unspecified atom stereocenters. The molecule has 0 bridgehead atoms. The third-order valence-electron chi connectivity index (χ3n) is 2.77. The van der Waals surface area contributed by atoms with E-state index in [1.54, 1.807) is 19.1 Å². The summed E-state index contributed by atoms with van der Waals surface area (Å²) in [6, 6.07) is 4.76. The number of benzene rings is 1. The number of fused-ring (bicyclic) bond motifs is 1. The molecule has 1 aliphatic rings. The van der Waals surface area contributed by atoms with Crippen molar-refractivity contribution in [3.8, 4) is 0 Å². The summed E-state index contributed by atoms with van der Waals surface area (Å²) in [6.07, 6.45) is 1.39. The summed E-state index contributed by atoms with van der Waals surface area (Å²) < 4.78 is 28.6. The molecule has 4 nitrogen and oxygen atoms in total. The monoisotopic (exact) mass is 254 g/mol. The highest BCUT2D eigenvalue weighted by Gasteiger charge is 2.24. The molecule has 0 saturated carbocycles. The van der Waals surface area contributed by atoms with E-state index in [4.69, 9.17) is 4.74 Å². The highest BCUT2D eigenvalue weighted by Crippen LogP contribution is 2.26. The number of ether oxygens (including phenoxy) is 1. The molecule has 5 heteroatoms.